The second-order valence-electron chi connectivity index (χ2n) is 3.51. The Bertz CT molecular complexity index is 470. The molecular weight excluding hydrogens is 257 g/mol. The highest BCUT2D eigenvalue weighted by molar-refractivity contribution is 7.90. The van der Waals surface area contributed by atoms with Crippen molar-refractivity contribution in [1.29, 1.82) is 0 Å². The molecule has 96 valence electrons. The molecule has 0 bridgehead atoms. The maximum absolute atomic E-state index is 11.9. The Balaban J connectivity index is 2.79. The van der Waals surface area contributed by atoms with Crippen LogP contribution in [0.1, 0.15) is 13.3 Å². The van der Waals surface area contributed by atoms with Crippen molar-refractivity contribution in [2.45, 2.75) is 19.5 Å². The summed E-state index contributed by atoms with van der Waals surface area (Å²) in [7, 11) is -4.34. The Kier molecular flexibility index (Phi) is 4.16. The molecule has 0 spiro atoms. The van der Waals surface area contributed by atoms with E-state index in [0.717, 1.165) is 5.57 Å². The van der Waals surface area contributed by atoms with Gasteiger partial charge < -0.3 is 0 Å². The Morgan fingerprint density at radius 2 is 2.06 bits per heavy atom. The summed E-state index contributed by atoms with van der Waals surface area (Å²) in [5.41, 5.74) is 0.905. The first kappa shape index (κ1) is 14.0. The fraction of sp³-hybridized carbons (Fsp3) is 0.400. The van der Waals surface area contributed by atoms with Gasteiger partial charge in [0.25, 0.3) is 10.1 Å². The zero-order valence-electron chi connectivity index (χ0n) is 8.99. The average molecular weight is 268 g/mol. The van der Waals surface area contributed by atoms with E-state index in [1.165, 1.54) is 18.2 Å². The Hall–Kier alpha value is -1.08. The van der Waals surface area contributed by atoms with Gasteiger partial charge in [0.05, 0.1) is 4.91 Å². The molecule has 1 aliphatic rings. The van der Waals surface area contributed by atoms with E-state index >= 15 is 0 Å². The normalized spacial score (nSPS) is 17.4. The molecule has 0 atom stereocenters. The van der Waals surface area contributed by atoms with E-state index in [9.17, 15) is 21.6 Å². The van der Waals surface area contributed by atoms with Gasteiger partial charge in [-0.15, -0.1) is 0 Å². The van der Waals surface area contributed by atoms with Gasteiger partial charge in [0, 0.05) is 0 Å². The van der Waals surface area contributed by atoms with E-state index in [1.807, 2.05) is 0 Å². The molecule has 7 heteroatoms. The molecule has 0 fully saturated rings. The van der Waals surface area contributed by atoms with Crippen LogP contribution in [0.25, 0.3) is 0 Å². The van der Waals surface area contributed by atoms with Gasteiger partial charge in [0.15, 0.2) is 6.61 Å². The Labute approximate surface area is 97.4 Å². The summed E-state index contributed by atoms with van der Waals surface area (Å²) >= 11 is 0. The molecule has 0 aromatic heterocycles. The van der Waals surface area contributed by atoms with Gasteiger partial charge in [0.2, 0.25) is 0 Å². The lowest BCUT2D eigenvalue weighted by molar-refractivity contribution is -0.152. The minimum atomic E-state index is -4.67. The second-order valence-corrected chi connectivity index (χ2v) is 5.13. The molecule has 0 N–H and O–H groups in total. The van der Waals surface area contributed by atoms with Crippen LogP contribution in [-0.4, -0.2) is 21.2 Å². The summed E-state index contributed by atoms with van der Waals surface area (Å²) in [5, 5.41) is 0. The third-order valence-electron chi connectivity index (χ3n) is 1.93. The highest BCUT2D eigenvalue weighted by Gasteiger charge is 2.31. The summed E-state index contributed by atoms with van der Waals surface area (Å²) in [4.78, 5) is -0.255. The molecule has 0 aliphatic heterocycles. The van der Waals surface area contributed by atoms with Crippen molar-refractivity contribution in [3.63, 3.8) is 0 Å². The van der Waals surface area contributed by atoms with Crippen LogP contribution < -0.4 is 0 Å². The zero-order chi connectivity index (χ0) is 13.1. The standard InChI is InChI=1S/C10H11F3O3S/c1-8-3-2-4-9(6-5-8)17(14,15)16-7-10(11,12)13/h2-4,6H,5,7H2,1H3. The first-order valence-electron chi connectivity index (χ1n) is 4.71. The predicted octanol–water partition coefficient (Wildman–Crippen LogP) is 2.69. The van der Waals surface area contributed by atoms with Crippen LogP contribution >= 0.6 is 0 Å². The van der Waals surface area contributed by atoms with Gasteiger partial charge in [0.1, 0.15) is 0 Å². The number of allylic oxidation sites excluding steroid dienone is 5. The van der Waals surface area contributed by atoms with E-state index in [4.69, 9.17) is 0 Å². The van der Waals surface area contributed by atoms with Gasteiger partial charge >= 0.3 is 6.18 Å². The van der Waals surface area contributed by atoms with Crippen LogP contribution in [0.2, 0.25) is 0 Å². The highest BCUT2D eigenvalue weighted by Crippen LogP contribution is 2.21. The molecular formula is C10H11F3O3S. The minimum Gasteiger partial charge on any atom is -0.257 e. The number of hydrogen-bond donors (Lipinski definition) is 0. The molecule has 17 heavy (non-hydrogen) atoms. The Morgan fingerprint density at radius 3 is 2.65 bits per heavy atom. The maximum atomic E-state index is 11.9. The number of alkyl halides is 3. The monoisotopic (exact) mass is 268 g/mol. The zero-order valence-corrected chi connectivity index (χ0v) is 9.81. The summed E-state index contributed by atoms with van der Waals surface area (Å²) in [6, 6.07) is 0. The lowest BCUT2D eigenvalue weighted by Crippen LogP contribution is -2.21. The van der Waals surface area contributed by atoms with Crippen molar-refractivity contribution in [2.24, 2.45) is 0 Å². The molecule has 1 rings (SSSR count). The van der Waals surface area contributed by atoms with Crippen molar-refractivity contribution in [1.82, 2.24) is 0 Å². The van der Waals surface area contributed by atoms with Crippen molar-refractivity contribution in [3.05, 3.63) is 34.8 Å². The Morgan fingerprint density at radius 1 is 1.41 bits per heavy atom. The SMILES string of the molecule is CC1=CC=CC(S(=O)(=O)OCC(F)(F)F)=CC1. The lowest BCUT2D eigenvalue weighted by Gasteiger charge is -2.08. The summed E-state index contributed by atoms with van der Waals surface area (Å²) in [5.74, 6) is 0. The van der Waals surface area contributed by atoms with Gasteiger partial charge in [-0.05, 0) is 19.4 Å². The van der Waals surface area contributed by atoms with Gasteiger partial charge in [-0.2, -0.15) is 21.6 Å². The molecule has 0 amide bonds. The van der Waals surface area contributed by atoms with Crippen LogP contribution in [0.5, 0.6) is 0 Å². The maximum Gasteiger partial charge on any atom is 0.413 e. The molecule has 0 aromatic carbocycles. The number of rotatable bonds is 3. The molecule has 0 saturated heterocycles. The van der Waals surface area contributed by atoms with Gasteiger partial charge in [-0.1, -0.05) is 23.8 Å². The van der Waals surface area contributed by atoms with Crippen LogP contribution in [0, 0.1) is 0 Å². The summed E-state index contributed by atoms with van der Waals surface area (Å²) in [6.07, 6.45) is 1.36. The molecule has 1 aliphatic carbocycles. The van der Waals surface area contributed by atoms with E-state index in [-0.39, 0.29) is 4.91 Å². The topological polar surface area (TPSA) is 43.4 Å². The predicted molar refractivity (Wildman–Crippen MR) is 56.5 cm³/mol. The fourth-order valence-electron chi connectivity index (χ4n) is 1.10. The highest BCUT2D eigenvalue weighted by atomic mass is 32.2. The summed E-state index contributed by atoms with van der Waals surface area (Å²) < 4.78 is 62.4. The van der Waals surface area contributed by atoms with Gasteiger partial charge in [-0.25, -0.2) is 0 Å². The van der Waals surface area contributed by atoms with Crippen molar-refractivity contribution in [3.8, 4) is 0 Å². The fourth-order valence-corrected chi connectivity index (χ4v) is 2.06. The van der Waals surface area contributed by atoms with Crippen molar-refractivity contribution < 1.29 is 25.8 Å². The van der Waals surface area contributed by atoms with E-state index in [0.29, 0.717) is 6.42 Å². The van der Waals surface area contributed by atoms with Crippen LogP contribution in [0.3, 0.4) is 0 Å². The molecule has 0 saturated carbocycles. The number of halogens is 3. The first-order chi connectivity index (χ1) is 7.71. The molecule has 0 heterocycles. The average Bonchev–Trinajstić information content (AvgIpc) is 2.39. The van der Waals surface area contributed by atoms with Crippen LogP contribution in [0.4, 0.5) is 13.2 Å². The largest absolute Gasteiger partial charge is 0.413 e. The number of hydrogen-bond acceptors (Lipinski definition) is 3. The van der Waals surface area contributed by atoms with Crippen molar-refractivity contribution >= 4 is 10.1 Å². The quantitative estimate of drug-likeness (QED) is 0.739. The van der Waals surface area contributed by atoms with Gasteiger partial charge in [-0.3, -0.25) is 4.18 Å². The molecule has 3 nitrogen and oxygen atoms in total. The first-order valence-corrected chi connectivity index (χ1v) is 6.12. The third-order valence-corrected chi connectivity index (χ3v) is 3.24. The third kappa shape index (κ3) is 4.74. The van der Waals surface area contributed by atoms with Crippen LogP contribution in [-0.2, 0) is 14.3 Å². The van der Waals surface area contributed by atoms with Crippen LogP contribution in [0.15, 0.2) is 34.8 Å². The van der Waals surface area contributed by atoms with Crippen molar-refractivity contribution in [2.75, 3.05) is 6.61 Å². The minimum absolute atomic E-state index is 0.255. The smallest absolute Gasteiger partial charge is 0.257 e. The van der Waals surface area contributed by atoms with E-state index < -0.39 is 22.9 Å². The van der Waals surface area contributed by atoms with E-state index in [1.54, 1.807) is 13.0 Å². The summed E-state index contributed by atoms with van der Waals surface area (Å²) in [6.45, 7) is -0.0279. The van der Waals surface area contributed by atoms with E-state index in [2.05, 4.69) is 4.18 Å². The molecule has 0 unspecified atom stereocenters. The lowest BCUT2D eigenvalue weighted by atomic mass is 10.2. The molecule has 0 aromatic rings. The molecule has 0 radical (unpaired) electrons. The second kappa shape index (κ2) is 5.05.